The first-order valence-electron chi connectivity index (χ1n) is 20.2. The molecule has 292 valence electrons. The monoisotopic (exact) mass is 710 g/mol. The van der Waals surface area contributed by atoms with E-state index >= 15 is 0 Å². The Balaban J connectivity index is 2.45. The highest BCUT2D eigenvalue weighted by Crippen LogP contribution is 2.22. The zero-order valence-electron chi connectivity index (χ0n) is 31.6. The van der Waals surface area contributed by atoms with Crippen molar-refractivity contribution in [2.24, 2.45) is 0 Å². The SMILES string of the molecule is CCC/C=C/CCCCCCCC/C=C/[C@@H](O)[C@H](CO[C@H]1O[C@@H](CO)[C@H](O)C(O)C1O)NC(=O)CCCCCCC/C=C/CCCCCCC. The maximum atomic E-state index is 12.9. The lowest BCUT2D eigenvalue weighted by Crippen LogP contribution is -2.60. The van der Waals surface area contributed by atoms with Gasteiger partial charge in [0.2, 0.25) is 5.91 Å². The molecule has 1 saturated heterocycles. The summed E-state index contributed by atoms with van der Waals surface area (Å²) in [7, 11) is 0. The highest BCUT2D eigenvalue weighted by Gasteiger charge is 2.44. The molecule has 1 rings (SSSR count). The summed E-state index contributed by atoms with van der Waals surface area (Å²) in [6, 6.07) is -0.809. The Morgan fingerprint density at radius 3 is 1.70 bits per heavy atom. The number of carbonyl (C=O) groups excluding carboxylic acids is 1. The number of nitrogens with one attached hydrogen (secondary N) is 1. The lowest BCUT2D eigenvalue weighted by Gasteiger charge is -2.40. The second-order valence-corrected chi connectivity index (χ2v) is 14.1. The van der Waals surface area contributed by atoms with Crippen molar-refractivity contribution in [1.29, 1.82) is 0 Å². The first kappa shape index (κ1) is 46.4. The van der Waals surface area contributed by atoms with Crippen molar-refractivity contribution in [1.82, 2.24) is 5.32 Å². The Labute approximate surface area is 304 Å². The Morgan fingerprint density at radius 2 is 1.16 bits per heavy atom. The zero-order chi connectivity index (χ0) is 36.7. The molecule has 1 aliphatic rings. The molecule has 0 aromatic rings. The number of carbonyl (C=O) groups is 1. The van der Waals surface area contributed by atoms with E-state index in [0.717, 1.165) is 64.2 Å². The molecule has 1 aliphatic heterocycles. The molecule has 9 nitrogen and oxygen atoms in total. The molecule has 1 fully saturated rings. The predicted molar refractivity (Wildman–Crippen MR) is 203 cm³/mol. The van der Waals surface area contributed by atoms with E-state index < -0.39 is 49.5 Å². The summed E-state index contributed by atoms with van der Waals surface area (Å²) < 4.78 is 11.2. The molecule has 0 bridgehead atoms. The van der Waals surface area contributed by atoms with Gasteiger partial charge in [-0.05, 0) is 64.2 Å². The molecule has 0 radical (unpaired) electrons. The van der Waals surface area contributed by atoms with Crippen molar-refractivity contribution >= 4 is 5.91 Å². The third kappa shape index (κ3) is 23.1. The lowest BCUT2D eigenvalue weighted by molar-refractivity contribution is -0.302. The van der Waals surface area contributed by atoms with Crippen LogP contribution in [-0.4, -0.2) is 87.5 Å². The molecule has 7 atom stereocenters. The normalized spacial score (nSPS) is 22.6. The molecular weight excluding hydrogens is 634 g/mol. The number of ether oxygens (including phenoxy) is 2. The number of allylic oxidation sites excluding steroid dienone is 5. The number of rotatable bonds is 32. The van der Waals surface area contributed by atoms with E-state index in [1.54, 1.807) is 6.08 Å². The largest absolute Gasteiger partial charge is 0.394 e. The Kier molecular flexibility index (Phi) is 29.8. The fourth-order valence-corrected chi connectivity index (χ4v) is 6.09. The van der Waals surface area contributed by atoms with Crippen molar-refractivity contribution in [3.63, 3.8) is 0 Å². The van der Waals surface area contributed by atoms with Gasteiger partial charge in [0.25, 0.3) is 0 Å². The van der Waals surface area contributed by atoms with Gasteiger partial charge in [-0.2, -0.15) is 0 Å². The summed E-state index contributed by atoms with van der Waals surface area (Å²) in [5.74, 6) is -0.192. The molecule has 50 heavy (non-hydrogen) atoms. The molecule has 0 saturated carbocycles. The second kappa shape index (κ2) is 32.1. The van der Waals surface area contributed by atoms with Gasteiger partial charge in [0.15, 0.2) is 6.29 Å². The van der Waals surface area contributed by atoms with Crippen LogP contribution in [0.3, 0.4) is 0 Å². The highest BCUT2D eigenvalue weighted by atomic mass is 16.7. The molecule has 0 aromatic carbocycles. The van der Waals surface area contributed by atoms with Crippen molar-refractivity contribution in [3.05, 3.63) is 36.5 Å². The van der Waals surface area contributed by atoms with Gasteiger partial charge in [-0.3, -0.25) is 4.79 Å². The summed E-state index contributed by atoms with van der Waals surface area (Å²) in [5, 5.41) is 53.9. The van der Waals surface area contributed by atoms with Crippen LogP contribution in [0.2, 0.25) is 0 Å². The molecule has 0 aliphatic carbocycles. The average Bonchev–Trinajstić information content (AvgIpc) is 3.11. The van der Waals surface area contributed by atoms with Gasteiger partial charge < -0.3 is 40.3 Å². The van der Waals surface area contributed by atoms with Crippen LogP contribution < -0.4 is 5.32 Å². The van der Waals surface area contributed by atoms with Crippen molar-refractivity contribution in [3.8, 4) is 0 Å². The van der Waals surface area contributed by atoms with Gasteiger partial charge in [0, 0.05) is 6.42 Å². The number of unbranched alkanes of at least 4 members (excludes halogenated alkanes) is 18. The Bertz CT molecular complexity index is 879. The van der Waals surface area contributed by atoms with Gasteiger partial charge >= 0.3 is 0 Å². The first-order chi connectivity index (χ1) is 24.3. The minimum atomic E-state index is -1.57. The first-order valence-corrected chi connectivity index (χ1v) is 20.2. The van der Waals surface area contributed by atoms with Crippen LogP contribution in [-0.2, 0) is 14.3 Å². The standard InChI is InChI=1S/C41H75NO8/c1-3-5-7-9-11-13-15-17-19-21-23-25-27-29-31-37(45)42-34(33-49-41-40(48)39(47)38(46)36(32-43)50-41)35(44)30-28-26-24-22-20-18-16-14-12-10-8-6-4-2/h8,10,15,17,28,30,34-36,38-41,43-44,46-48H,3-7,9,11-14,16,18-27,29,31-33H2,1-2H3,(H,42,45)/b10-8+,17-15+,30-28+/t34-,35+,36-,38-,39?,40?,41-/m0/s1. The fraction of sp³-hybridized carbons (Fsp3) is 0.829. The van der Waals surface area contributed by atoms with Crippen LogP contribution in [0.1, 0.15) is 162 Å². The van der Waals surface area contributed by atoms with Crippen molar-refractivity contribution < 1.29 is 39.8 Å². The smallest absolute Gasteiger partial charge is 0.220 e. The molecule has 9 heteroatoms. The minimum Gasteiger partial charge on any atom is -0.394 e. The Hall–Kier alpha value is -1.59. The number of amides is 1. The third-order valence-electron chi connectivity index (χ3n) is 9.41. The maximum Gasteiger partial charge on any atom is 0.220 e. The summed E-state index contributed by atoms with van der Waals surface area (Å²) in [5.41, 5.74) is 0. The van der Waals surface area contributed by atoms with E-state index in [1.165, 1.54) is 77.0 Å². The van der Waals surface area contributed by atoms with Crippen molar-refractivity contribution in [2.45, 2.75) is 204 Å². The lowest BCUT2D eigenvalue weighted by atomic mass is 9.99. The molecule has 6 N–H and O–H groups in total. The highest BCUT2D eigenvalue weighted by molar-refractivity contribution is 5.76. The summed E-state index contributed by atoms with van der Waals surface area (Å²) in [6.07, 6.45) is 30.4. The van der Waals surface area contributed by atoms with E-state index in [0.29, 0.717) is 6.42 Å². The quantitative estimate of drug-likeness (QED) is 0.0314. The van der Waals surface area contributed by atoms with Crippen LogP contribution in [0, 0.1) is 0 Å². The number of hydrogen-bond acceptors (Lipinski definition) is 8. The molecular formula is C41H75NO8. The molecule has 0 aromatic heterocycles. The van der Waals surface area contributed by atoms with E-state index in [4.69, 9.17) is 9.47 Å². The molecule has 1 amide bonds. The van der Waals surface area contributed by atoms with Crippen LogP contribution >= 0.6 is 0 Å². The Morgan fingerprint density at radius 1 is 0.660 bits per heavy atom. The molecule has 2 unspecified atom stereocenters. The summed E-state index contributed by atoms with van der Waals surface area (Å²) >= 11 is 0. The predicted octanol–water partition coefficient (Wildman–Crippen LogP) is 7.33. The third-order valence-corrected chi connectivity index (χ3v) is 9.41. The number of aliphatic hydroxyl groups excluding tert-OH is 5. The second-order valence-electron chi connectivity index (χ2n) is 14.1. The minimum absolute atomic E-state index is 0.192. The van der Waals surface area contributed by atoms with Crippen LogP contribution in [0.5, 0.6) is 0 Å². The fourth-order valence-electron chi connectivity index (χ4n) is 6.09. The van der Waals surface area contributed by atoms with Crippen LogP contribution in [0.25, 0.3) is 0 Å². The summed E-state index contributed by atoms with van der Waals surface area (Å²) in [6.45, 7) is 3.67. The van der Waals surface area contributed by atoms with Gasteiger partial charge in [-0.15, -0.1) is 0 Å². The van der Waals surface area contributed by atoms with Gasteiger partial charge in [0.05, 0.1) is 25.4 Å². The van der Waals surface area contributed by atoms with Crippen LogP contribution in [0.4, 0.5) is 0 Å². The van der Waals surface area contributed by atoms with E-state index in [9.17, 15) is 30.3 Å². The van der Waals surface area contributed by atoms with Crippen molar-refractivity contribution in [2.75, 3.05) is 13.2 Å². The van der Waals surface area contributed by atoms with Gasteiger partial charge in [-0.1, -0.05) is 127 Å². The van der Waals surface area contributed by atoms with E-state index in [1.807, 2.05) is 6.08 Å². The van der Waals surface area contributed by atoms with E-state index in [2.05, 4.69) is 43.5 Å². The maximum absolute atomic E-state index is 12.9. The molecule has 0 spiro atoms. The summed E-state index contributed by atoms with van der Waals surface area (Å²) in [4.78, 5) is 12.9. The topological polar surface area (TPSA) is 149 Å². The van der Waals surface area contributed by atoms with Gasteiger partial charge in [0.1, 0.15) is 24.4 Å². The number of aliphatic hydroxyl groups is 5. The number of hydrogen-bond donors (Lipinski definition) is 6. The van der Waals surface area contributed by atoms with E-state index in [-0.39, 0.29) is 12.5 Å². The van der Waals surface area contributed by atoms with Gasteiger partial charge in [-0.25, -0.2) is 0 Å². The average molecular weight is 710 g/mol. The zero-order valence-corrected chi connectivity index (χ0v) is 31.6. The van der Waals surface area contributed by atoms with Crippen LogP contribution in [0.15, 0.2) is 36.5 Å². The molecule has 1 heterocycles.